The number of anilines is 1. The predicted molar refractivity (Wildman–Crippen MR) is 81.8 cm³/mol. The summed E-state index contributed by atoms with van der Waals surface area (Å²) in [6.45, 7) is 0.770. The molecule has 0 aromatic carbocycles. The van der Waals surface area contributed by atoms with Crippen LogP contribution in [0.5, 0.6) is 0 Å². The van der Waals surface area contributed by atoms with Crippen LogP contribution in [0, 0.1) is 17.8 Å². The minimum atomic E-state index is 0.00468. The SMILES string of the molecule is O=c1c(Br)c(NC2CC3CCC2C3)cnn1CC1CC1. The lowest BCUT2D eigenvalue weighted by molar-refractivity contribution is 0.439. The smallest absolute Gasteiger partial charge is 0.283 e. The van der Waals surface area contributed by atoms with Crippen molar-refractivity contribution in [2.45, 2.75) is 51.1 Å². The monoisotopic (exact) mass is 337 g/mol. The third-order valence-corrected chi connectivity index (χ3v) is 5.96. The molecule has 0 aliphatic heterocycles. The number of aromatic nitrogens is 2. The number of nitrogens with zero attached hydrogens (tertiary/aromatic N) is 2. The molecule has 1 N–H and O–H groups in total. The number of fused-ring (bicyclic) bond motifs is 2. The minimum absolute atomic E-state index is 0.00468. The second kappa shape index (κ2) is 4.86. The first-order valence-corrected chi connectivity index (χ1v) is 8.52. The molecule has 108 valence electrons. The van der Waals surface area contributed by atoms with E-state index in [1.807, 2.05) is 6.20 Å². The Morgan fingerprint density at radius 1 is 1.30 bits per heavy atom. The summed E-state index contributed by atoms with van der Waals surface area (Å²) in [4.78, 5) is 12.3. The van der Waals surface area contributed by atoms with Crippen LogP contribution in [0.25, 0.3) is 0 Å². The summed E-state index contributed by atoms with van der Waals surface area (Å²) in [6, 6.07) is 0.533. The highest BCUT2D eigenvalue weighted by atomic mass is 79.9. The molecule has 3 unspecified atom stereocenters. The van der Waals surface area contributed by atoms with Crippen LogP contribution in [-0.2, 0) is 6.54 Å². The Hall–Kier alpha value is -0.840. The lowest BCUT2D eigenvalue weighted by atomic mass is 9.95. The molecule has 3 aliphatic carbocycles. The number of nitrogens with one attached hydrogen (secondary N) is 1. The van der Waals surface area contributed by atoms with Gasteiger partial charge in [0.1, 0.15) is 4.47 Å². The van der Waals surface area contributed by atoms with E-state index in [9.17, 15) is 4.79 Å². The first-order valence-electron chi connectivity index (χ1n) is 7.73. The maximum absolute atomic E-state index is 12.3. The molecule has 2 bridgehead atoms. The van der Waals surface area contributed by atoms with Gasteiger partial charge in [-0.1, -0.05) is 6.42 Å². The largest absolute Gasteiger partial charge is 0.380 e. The predicted octanol–water partition coefficient (Wildman–Crippen LogP) is 3.02. The fourth-order valence-electron chi connectivity index (χ4n) is 3.86. The molecule has 4 rings (SSSR count). The first kappa shape index (κ1) is 12.9. The Bertz CT molecular complexity index is 581. The zero-order chi connectivity index (χ0) is 13.7. The number of hydrogen-bond donors (Lipinski definition) is 1. The highest BCUT2D eigenvalue weighted by Crippen LogP contribution is 2.45. The maximum Gasteiger partial charge on any atom is 0.283 e. The van der Waals surface area contributed by atoms with Gasteiger partial charge in [-0.15, -0.1) is 0 Å². The van der Waals surface area contributed by atoms with Crippen molar-refractivity contribution in [3.63, 3.8) is 0 Å². The van der Waals surface area contributed by atoms with Crippen molar-refractivity contribution >= 4 is 21.6 Å². The van der Waals surface area contributed by atoms with Crippen LogP contribution < -0.4 is 10.9 Å². The maximum atomic E-state index is 12.3. The van der Waals surface area contributed by atoms with E-state index >= 15 is 0 Å². The van der Waals surface area contributed by atoms with Gasteiger partial charge in [-0.25, -0.2) is 4.68 Å². The van der Waals surface area contributed by atoms with E-state index in [0.717, 1.165) is 24.1 Å². The van der Waals surface area contributed by atoms with Crippen LogP contribution in [0.4, 0.5) is 5.69 Å². The molecule has 3 aliphatic rings. The van der Waals surface area contributed by atoms with Gasteiger partial charge in [0, 0.05) is 12.6 Å². The molecule has 0 spiro atoms. The van der Waals surface area contributed by atoms with E-state index in [4.69, 9.17) is 0 Å². The van der Waals surface area contributed by atoms with Crippen molar-refractivity contribution < 1.29 is 0 Å². The molecule has 3 fully saturated rings. The molecule has 1 heterocycles. The van der Waals surface area contributed by atoms with Gasteiger partial charge in [-0.05, 0) is 65.8 Å². The summed E-state index contributed by atoms with van der Waals surface area (Å²) in [5, 5.41) is 7.89. The highest BCUT2D eigenvalue weighted by Gasteiger charge is 2.39. The summed E-state index contributed by atoms with van der Waals surface area (Å²) in [6.07, 6.45) is 9.63. The van der Waals surface area contributed by atoms with Crippen LogP contribution in [0.3, 0.4) is 0 Å². The fourth-order valence-corrected chi connectivity index (χ4v) is 4.28. The van der Waals surface area contributed by atoms with Crippen molar-refractivity contribution in [3.05, 3.63) is 21.0 Å². The third kappa shape index (κ3) is 2.30. The topological polar surface area (TPSA) is 46.9 Å². The van der Waals surface area contributed by atoms with Crippen molar-refractivity contribution in [2.24, 2.45) is 17.8 Å². The Kier molecular flexibility index (Phi) is 3.13. The van der Waals surface area contributed by atoms with Crippen LogP contribution in [-0.4, -0.2) is 15.8 Å². The lowest BCUT2D eigenvalue weighted by Gasteiger charge is -2.24. The second-order valence-corrected chi connectivity index (χ2v) is 7.52. The average molecular weight is 338 g/mol. The second-order valence-electron chi connectivity index (χ2n) is 6.73. The quantitative estimate of drug-likeness (QED) is 0.918. The van der Waals surface area contributed by atoms with Crippen LogP contribution in [0.1, 0.15) is 38.5 Å². The van der Waals surface area contributed by atoms with Gasteiger partial charge >= 0.3 is 0 Å². The van der Waals surface area contributed by atoms with Gasteiger partial charge in [-0.3, -0.25) is 4.79 Å². The van der Waals surface area contributed by atoms with Crippen molar-refractivity contribution in [1.82, 2.24) is 9.78 Å². The fraction of sp³-hybridized carbons (Fsp3) is 0.733. The normalized spacial score (nSPS) is 31.8. The number of hydrogen-bond acceptors (Lipinski definition) is 3. The lowest BCUT2D eigenvalue weighted by Crippen LogP contribution is -2.30. The molecule has 5 heteroatoms. The summed E-state index contributed by atoms with van der Waals surface area (Å²) >= 11 is 3.47. The average Bonchev–Trinajstić information content (AvgIpc) is 3.02. The molecular formula is C15H20BrN3O. The van der Waals surface area contributed by atoms with Crippen LogP contribution in [0.15, 0.2) is 15.5 Å². The van der Waals surface area contributed by atoms with Crippen LogP contribution >= 0.6 is 15.9 Å². The summed E-state index contributed by atoms with van der Waals surface area (Å²) in [5.74, 6) is 2.36. The van der Waals surface area contributed by atoms with E-state index in [1.165, 1.54) is 38.5 Å². The van der Waals surface area contributed by atoms with E-state index in [0.29, 0.717) is 16.4 Å². The Balaban J connectivity index is 1.53. The molecule has 20 heavy (non-hydrogen) atoms. The van der Waals surface area contributed by atoms with E-state index < -0.39 is 0 Å². The summed E-state index contributed by atoms with van der Waals surface area (Å²) < 4.78 is 2.25. The zero-order valence-electron chi connectivity index (χ0n) is 11.5. The Morgan fingerprint density at radius 2 is 2.15 bits per heavy atom. The van der Waals surface area contributed by atoms with Crippen molar-refractivity contribution in [2.75, 3.05) is 5.32 Å². The molecular weight excluding hydrogens is 318 g/mol. The van der Waals surface area contributed by atoms with Gasteiger partial charge < -0.3 is 5.32 Å². The van der Waals surface area contributed by atoms with Gasteiger partial charge in [0.15, 0.2) is 0 Å². The number of rotatable bonds is 4. The third-order valence-electron chi connectivity index (χ3n) is 5.19. The molecule has 0 amide bonds. The Labute approximate surface area is 127 Å². The van der Waals surface area contributed by atoms with Crippen molar-refractivity contribution in [3.8, 4) is 0 Å². The van der Waals surface area contributed by atoms with Crippen LogP contribution in [0.2, 0.25) is 0 Å². The summed E-state index contributed by atoms with van der Waals surface area (Å²) in [5.41, 5.74) is 0.879. The van der Waals surface area contributed by atoms with Gasteiger partial charge in [0.2, 0.25) is 0 Å². The van der Waals surface area contributed by atoms with Gasteiger partial charge in [0.05, 0.1) is 11.9 Å². The van der Waals surface area contributed by atoms with Gasteiger partial charge in [-0.2, -0.15) is 5.10 Å². The van der Waals surface area contributed by atoms with E-state index in [-0.39, 0.29) is 5.56 Å². The highest BCUT2D eigenvalue weighted by molar-refractivity contribution is 9.10. The van der Waals surface area contributed by atoms with E-state index in [2.05, 4.69) is 26.3 Å². The number of halogens is 1. The zero-order valence-corrected chi connectivity index (χ0v) is 13.1. The standard InChI is InChI=1S/C15H20BrN3O/c16-14-13(18-12-6-10-3-4-11(12)5-10)7-17-19(15(14)20)8-9-1-2-9/h7,9-12,18H,1-6,8H2. The van der Waals surface area contributed by atoms with Crippen molar-refractivity contribution in [1.29, 1.82) is 0 Å². The molecule has 1 aromatic rings. The molecule has 3 saturated carbocycles. The molecule has 0 radical (unpaired) electrons. The van der Waals surface area contributed by atoms with E-state index in [1.54, 1.807) is 4.68 Å². The van der Waals surface area contributed by atoms with Gasteiger partial charge in [0.25, 0.3) is 5.56 Å². The Morgan fingerprint density at radius 3 is 2.80 bits per heavy atom. The summed E-state index contributed by atoms with van der Waals surface area (Å²) in [7, 11) is 0. The molecule has 1 aromatic heterocycles. The molecule has 3 atom stereocenters. The molecule has 4 nitrogen and oxygen atoms in total. The minimum Gasteiger partial charge on any atom is -0.380 e. The first-order chi connectivity index (χ1) is 9.70. The molecule has 0 saturated heterocycles.